The van der Waals surface area contributed by atoms with Gasteiger partial charge < -0.3 is 10.2 Å². The fraction of sp³-hybridized carbons (Fsp3) is 0.389. The quantitative estimate of drug-likeness (QED) is 0.253. The maximum absolute atomic E-state index is 12.9. The summed E-state index contributed by atoms with van der Waals surface area (Å²) < 4.78 is 0. The van der Waals surface area contributed by atoms with Crippen molar-refractivity contribution in [2.24, 2.45) is 0 Å². The van der Waals surface area contributed by atoms with Crippen LogP contribution in [0.5, 0.6) is 0 Å². The molecule has 0 bridgehead atoms. The monoisotopic (exact) mass is 401 g/mol. The fourth-order valence-corrected chi connectivity index (χ4v) is 3.78. The van der Waals surface area contributed by atoms with Crippen molar-refractivity contribution in [2.75, 3.05) is 31.1 Å². The Hall–Kier alpha value is -2.85. The average Bonchev–Trinajstić information content (AvgIpc) is 3.50. The van der Waals surface area contributed by atoms with Crippen LogP contribution in [-0.4, -0.2) is 59.0 Å². The lowest BCUT2D eigenvalue weighted by molar-refractivity contribution is -0.384. The molecule has 2 heterocycles. The Kier molecular flexibility index (Phi) is 4.82. The van der Waals surface area contributed by atoms with Crippen LogP contribution in [0.25, 0.3) is 6.08 Å². The number of hydrogen-bond acceptors (Lipinski definition) is 7. The maximum atomic E-state index is 12.9. The van der Waals surface area contributed by atoms with Gasteiger partial charge in [-0.1, -0.05) is 0 Å². The molecule has 0 spiro atoms. The molecule has 2 aliphatic heterocycles. The van der Waals surface area contributed by atoms with Crippen LogP contribution >= 0.6 is 12.2 Å². The number of carbonyl (C=O) groups excluding carboxylic acids is 2. The number of benzene rings is 1. The van der Waals surface area contributed by atoms with Gasteiger partial charge in [0, 0.05) is 55.6 Å². The van der Waals surface area contributed by atoms with Gasteiger partial charge >= 0.3 is 0 Å². The normalized spacial score (nSPS) is 21.9. The minimum atomic E-state index is -0.579. The number of nitrogens with one attached hydrogen (secondary N) is 2. The van der Waals surface area contributed by atoms with E-state index < -0.39 is 16.7 Å². The number of non-ortho nitro benzene ring substituents is 1. The number of amides is 2. The molecule has 0 radical (unpaired) electrons. The zero-order valence-corrected chi connectivity index (χ0v) is 15.8. The molecule has 28 heavy (non-hydrogen) atoms. The molecule has 2 amide bonds. The van der Waals surface area contributed by atoms with Crippen LogP contribution in [0.2, 0.25) is 0 Å². The fourth-order valence-electron chi connectivity index (χ4n) is 3.46. The van der Waals surface area contributed by atoms with Crippen molar-refractivity contribution < 1.29 is 14.5 Å². The van der Waals surface area contributed by atoms with Gasteiger partial charge in [-0.25, -0.2) is 0 Å². The molecule has 3 aliphatic rings. The van der Waals surface area contributed by atoms with Gasteiger partial charge in [-0.05, 0) is 37.2 Å². The first-order chi connectivity index (χ1) is 13.5. The van der Waals surface area contributed by atoms with E-state index in [0.717, 1.165) is 44.7 Å². The summed E-state index contributed by atoms with van der Waals surface area (Å²) in [6.45, 7) is 3.03. The van der Waals surface area contributed by atoms with Crippen molar-refractivity contribution in [3.8, 4) is 0 Å². The van der Waals surface area contributed by atoms with Crippen LogP contribution in [0.4, 0.5) is 11.4 Å². The third kappa shape index (κ3) is 3.48. The molecular weight excluding hydrogens is 382 g/mol. The molecule has 2 N–H and O–H groups in total. The third-order valence-corrected chi connectivity index (χ3v) is 5.32. The molecule has 146 valence electrons. The van der Waals surface area contributed by atoms with Crippen molar-refractivity contribution in [3.05, 3.63) is 39.4 Å². The van der Waals surface area contributed by atoms with E-state index in [1.165, 1.54) is 23.1 Å². The Morgan fingerprint density at radius 2 is 1.93 bits per heavy atom. The molecule has 2 saturated heterocycles. The second-order valence-electron chi connectivity index (χ2n) is 6.96. The van der Waals surface area contributed by atoms with Crippen molar-refractivity contribution in [1.82, 2.24) is 15.5 Å². The van der Waals surface area contributed by atoms with E-state index in [-0.39, 0.29) is 22.4 Å². The Morgan fingerprint density at radius 3 is 2.57 bits per heavy atom. The van der Waals surface area contributed by atoms with Gasteiger partial charge in [0.2, 0.25) is 0 Å². The molecule has 1 aromatic carbocycles. The van der Waals surface area contributed by atoms with E-state index in [4.69, 9.17) is 12.2 Å². The van der Waals surface area contributed by atoms with Crippen molar-refractivity contribution >= 4 is 46.6 Å². The highest BCUT2D eigenvalue weighted by Gasteiger charge is 2.42. The van der Waals surface area contributed by atoms with Crippen molar-refractivity contribution in [3.63, 3.8) is 0 Å². The predicted octanol–water partition coefficient (Wildman–Crippen LogP) is 0.793. The standard InChI is InChI=1S/C18H19N5O4S/c24-16-14(17(25)22(12-1-2-12)18(28)20-16)10-11-9-13(23(26)27)3-4-15(11)21-7-5-19-6-8-21/h3-4,9-10,12,19H,1-2,5-8H2,(H,20,24,28)/b14-10-. The summed E-state index contributed by atoms with van der Waals surface area (Å²) in [6.07, 6.45) is 3.13. The van der Waals surface area contributed by atoms with E-state index in [2.05, 4.69) is 15.5 Å². The first kappa shape index (κ1) is 18.5. The van der Waals surface area contributed by atoms with Gasteiger partial charge in [-0.3, -0.25) is 29.9 Å². The molecular formula is C18H19N5O4S. The molecule has 1 aromatic rings. The predicted molar refractivity (Wildman–Crippen MR) is 107 cm³/mol. The molecule has 0 unspecified atom stereocenters. The molecule has 3 fully saturated rings. The first-order valence-electron chi connectivity index (χ1n) is 9.10. The zero-order chi connectivity index (χ0) is 19.8. The first-order valence-corrected chi connectivity index (χ1v) is 9.51. The van der Waals surface area contributed by atoms with Crippen LogP contribution in [0.15, 0.2) is 23.8 Å². The number of rotatable bonds is 4. The summed E-state index contributed by atoms with van der Waals surface area (Å²) in [6, 6.07) is 4.53. The number of nitrogens with zero attached hydrogens (tertiary/aromatic N) is 3. The minimum absolute atomic E-state index is 0.0155. The van der Waals surface area contributed by atoms with Gasteiger partial charge in [0.15, 0.2) is 5.11 Å². The lowest BCUT2D eigenvalue weighted by Crippen LogP contribution is -2.54. The van der Waals surface area contributed by atoms with Crippen molar-refractivity contribution in [1.29, 1.82) is 0 Å². The van der Waals surface area contributed by atoms with E-state index >= 15 is 0 Å². The number of hydrogen-bond donors (Lipinski definition) is 2. The number of anilines is 1. The molecule has 0 aromatic heterocycles. The van der Waals surface area contributed by atoms with Crippen molar-refractivity contribution in [2.45, 2.75) is 18.9 Å². The maximum Gasteiger partial charge on any atom is 0.270 e. The molecule has 0 atom stereocenters. The highest BCUT2D eigenvalue weighted by molar-refractivity contribution is 7.80. The average molecular weight is 401 g/mol. The molecule has 1 aliphatic carbocycles. The molecule has 10 heteroatoms. The molecule has 1 saturated carbocycles. The molecule has 9 nitrogen and oxygen atoms in total. The largest absolute Gasteiger partial charge is 0.368 e. The third-order valence-electron chi connectivity index (χ3n) is 5.02. The summed E-state index contributed by atoms with van der Waals surface area (Å²) in [4.78, 5) is 39.6. The van der Waals surface area contributed by atoms with Gasteiger partial charge in [0.1, 0.15) is 5.57 Å². The number of carbonyl (C=O) groups is 2. The highest BCUT2D eigenvalue weighted by Crippen LogP contribution is 2.32. The lowest BCUT2D eigenvalue weighted by Gasteiger charge is -2.31. The lowest BCUT2D eigenvalue weighted by atomic mass is 10.0. The van der Waals surface area contributed by atoms with E-state index in [0.29, 0.717) is 5.56 Å². The smallest absolute Gasteiger partial charge is 0.270 e. The van der Waals surface area contributed by atoms with Crippen LogP contribution in [0, 0.1) is 10.1 Å². The summed E-state index contributed by atoms with van der Waals surface area (Å²) in [5.41, 5.74) is 1.07. The summed E-state index contributed by atoms with van der Waals surface area (Å²) >= 11 is 5.14. The SMILES string of the molecule is O=C1NC(=S)N(C2CC2)C(=O)/C1=C\c1cc([N+](=O)[O-])ccc1N1CCNCC1. The van der Waals surface area contributed by atoms with Crippen LogP contribution in [0.1, 0.15) is 18.4 Å². The van der Waals surface area contributed by atoms with Crippen LogP contribution in [-0.2, 0) is 9.59 Å². The Labute approximate surface area is 166 Å². The number of piperazine rings is 1. The number of nitro benzene ring substituents is 1. The van der Waals surface area contributed by atoms with Gasteiger partial charge in [-0.15, -0.1) is 0 Å². The Bertz CT molecular complexity index is 905. The minimum Gasteiger partial charge on any atom is -0.368 e. The van der Waals surface area contributed by atoms with Crippen LogP contribution < -0.4 is 15.5 Å². The summed E-state index contributed by atoms with van der Waals surface area (Å²) in [5, 5.41) is 17.2. The highest BCUT2D eigenvalue weighted by atomic mass is 32.1. The van der Waals surface area contributed by atoms with Crippen LogP contribution in [0.3, 0.4) is 0 Å². The second-order valence-corrected chi connectivity index (χ2v) is 7.35. The molecule has 4 rings (SSSR count). The Balaban J connectivity index is 1.76. The topological polar surface area (TPSA) is 108 Å². The summed E-state index contributed by atoms with van der Waals surface area (Å²) in [5.74, 6) is -1.03. The van der Waals surface area contributed by atoms with E-state index in [1.54, 1.807) is 6.07 Å². The second kappa shape index (κ2) is 7.28. The number of thiocarbonyl (C=S) groups is 1. The Morgan fingerprint density at radius 1 is 1.21 bits per heavy atom. The van der Waals surface area contributed by atoms with E-state index in [1.807, 2.05) is 0 Å². The van der Waals surface area contributed by atoms with Gasteiger partial charge in [0.25, 0.3) is 17.5 Å². The van der Waals surface area contributed by atoms with Gasteiger partial charge in [-0.2, -0.15) is 0 Å². The zero-order valence-electron chi connectivity index (χ0n) is 15.0. The summed E-state index contributed by atoms with van der Waals surface area (Å²) in [7, 11) is 0. The van der Waals surface area contributed by atoms with E-state index in [9.17, 15) is 19.7 Å². The van der Waals surface area contributed by atoms with Gasteiger partial charge in [0.05, 0.1) is 4.92 Å². The number of nitro groups is 1.